The molecule has 6 saturated carbocycles. The third-order valence-electron chi connectivity index (χ3n) is 9.68. The second kappa shape index (κ2) is 20.3. The van der Waals surface area contributed by atoms with Crippen LogP contribution >= 0.6 is 0 Å². The largest absolute Gasteiger partial charge is 0.397 e. The summed E-state index contributed by atoms with van der Waals surface area (Å²) in [5, 5.41) is 15.1. The molecule has 0 heterocycles. The van der Waals surface area contributed by atoms with Gasteiger partial charge < -0.3 is 19.8 Å². The monoisotopic (exact) mass is 508 g/mol. The van der Waals surface area contributed by atoms with Crippen molar-refractivity contribution in [3.05, 3.63) is 0 Å². The van der Waals surface area contributed by atoms with E-state index in [2.05, 4.69) is 0 Å². The highest BCUT2D eigenvalue weighted by atomic mass is 16.3. The van der Waals surface area contributed by atoms with E-state index in [1.54, 1.807) is 117 Å². The molecule has 4 nitrogen and oxygen atoms in total. The van der Waals surface area contributed by atoms with Crippen molar-refractivity contribution in [1.82, 2.24) is 0 Å². The Morgan fingerprint density at radius 3 is 0.889 bits per heavy atom. The Kier molecular flexibility index (Phi) is 18.7. The van der Waals surface area contributed by atoms with Gasteiger partial charge in [-0.1, -0.05) is 64.2 Å². The Labute approximate surface area is 223 Å². The van der Waals surface area contributed by atoms with Gasteiger partial charge in [0.05, 0.1) is 0 Å². The fraction of sp³-hybridized carbons (Fsp3) is 0.938. The molecule has 6 aliphatic carbocycles. The summed E-state index contributed by atoms with van der Waals surface area (Å²) in [6.45, 7) is 6.75. The van der Waals surface area contributed by atoms with Gasteiger partial charge in [-0.25, -0.2) is 0 Å². The molecule has 4 heteroatoms. The van der Waals surface area contributed by atoms with Gasteiger partial charge in [-0.3, -0.25) is 0 Å². The molecular formula is C32H60O4. The van der Waals surface area contributed by atoms with Gasteiger partial charge in [-0.15, -0.1) is 0 Å². The quantitative estimate of drug-likeness (QED) is 0.330. The van der Waals surface area contributed by atoms with E-state index in [1.807, 2.05) is 0 Å². The minimum Gasteiger partial charge on any atom is -0.397 e. The standard InChI is InChI=1S/2C12H20.2C2H6O.2C2H4O/c2*1-2-7-12-10-5-3-4-9(8-10)11(12)6-1;4*1-2-3/h2*9-12H,1-8H2;2*3H,2H2,1H3;2*2H,1H3. The van der Waals surface area contributed by atoms with Crippen LogP contribution in [0.25, 0.3) is 0 Å². The molecule has 0 spiro atoms. The molecule has 2 N–H and O–H groups in total. The molecule has 8 atom stereocenters. The van der Waals surface area contributed by atoms with Gasteiger partial charge in [-0.2, -0.15) is 0 Å². The van der Waals surface area contributed by atoms with Crippen LogP contribution in [-0.2, 0) is 9.59 Å². The number of rotatable bonds is 0. The van der Waals surface area contributed by atoms with Gasteiger partial charge in [0.1, 0.15) is 12.6 Å². The lowest BCUT2D eigenvalue weighted by Gasteiger charge is -2.29. The molecule has 0 aromatic rings. The molecule has 6 rings (SSSR count). The van der Waals surface area contributed by atoms with Crippen LogP contribution in [0.15, 0.2) is 0 Å². The van der Waals surface area contributed by atoms with Crippen LogP contribution in [0.2, 0.25) is 0 Å². The van der Waals surface area contributed by atoms with E-state index < -0.39 is 0 Å². The van der Waals surface area contributed by atoms with Crippen molar-refractivity contribution in [3.8, 4) is 0 Å². The van der Waals surface area contributed by atoms with Crippen molar-refractivity contribution >= 4 is 12.6 Å². The predicted molar refractivity (Wildman–Crippen MR) is 151 cm³/mol. The Balaban J connectivity index is 0.000000254. The summed E-state index contributed by atoms with van der Waals surface area (Å²) in [6.07, 6.45) is 26.7. The van der Waals surface area contributed by atoms with Crippen LogP contribution in [0.5, 0.6) is 0 Å². The molecular weight excluding hydrogens is 448 g/mol. The molecule has 0 radical (unpaired) electrons. The third kappa shape index (κ3) is 10.6. The van der Waals surface area contributed by atoms with Gasteiger partial charge in [0, 0.05) is 13.2 Å². The van der Waals surface area contributed by atoms with E-state index in [-0.39, 0.29) is 13.2 Å². The van der Waals surface area contributed by atoms with Crippen LogP contribution in [0.1, 0.15) is 130 Å². The zero-order chi connectivity index (χ0) is 26.8. The predicted octanol–water partition coefficient (Wildman–Crippen LogP) is 7.63. The van der Waals surface area contributed by atoms with Gasteiger partial charge >= 0.3 is 0 Å². The highest BCUT2D eigenvalue weighted by Gasteiger charge is 2.46. The molecule has 0 aliphatic heterocycles. The van der Waals surface area contributed by atoms with Crippen LogP contribution in [0.3, 0.4) is 0 Å². The molecule has 0 amide bonds. The molecule has 0 saturated heterocycles. The summed E-state index contributed by atoms with van der Waals surface area (Å²) in [5.74, 6) is 9.45. The average Bonchev–Trinajstić information content (AvgIpc) is 3.30. The first-order valence-electron chi connectivity index (χ1n) is 15.6. The zero-order valence-electron chi connectivity index (χ0n) is 24.2. The number of aliphatic hydroxyl groups is 2. The molecule has 8 unspecified atom stereocenters. The second-order valence-corrected chi connectivity index (χ2v) is 11.7. The van der Waals surface area contributed by atoms with E-state index in [9.17, 15) is 0 Å². The fourth-order valence-electron chi connectivity index (χ4n) is 8.81. The van der Waals surface area contributed by atoms with Gasteiger partial charge in [0.15, 0.2) is 0 Å². The second-order valence-electron chi connectivity index (χ2n) is 11.7. The van der Waals surface area contributed by atoms with Crippen LogP contribution in [0.4, 0.5) is 0 Å². The van der Waals surface area contributed by atoms with E-state index in [1.165, 1.54) is 61.2 Å². The van der Waals surface area contributed by atoms with E-state index in [0.29, 0.717) is 0 Å². The Bertz CT molecular complexity index is 466. The molecule has 6 aliphatic rings. The van der Waals surface area contributed by atoms with Gasteiger partial charge in [0.25, 0.3) is 0 Å². The summed E-state index contributed by atoms with van der Waals surface area (Å²) < 4.78 is 0. The summed E-state index contributed by atoms with van der Waals surface area (Å²) in [5.41, 5.74) is 0. The number of aliphatic hydroxyl groups excluding tert-OH is 2. The number of carbonyl (C=O) groups excluding carboxylic acids is 2. The number of carbonyl (C=O) groups is 2. The number of fused-ring (bicyclic) bond motifs is 10. The minimum atomic E-state index is 0.250. The maximum atomic E-state index is 8.81. The first kappa shape index (κ1) is 33.3. The molecule has 0 aromatic carbocycles. The lowest BCUT2D eigenvalue weighted by atomic mass is 9.77. The third-order valence-corrected chi connectivity index (χ3v) is 9.68. The zero-order valence-corrected chi connectivity index (χ0v) is 24.2. The Morgan fingerprint density at radius 1 is 0.500 bits per heavy atom. The Hall–Kier alpha value is -0.740. The topological polar surface area (TPSA) is 74.6 Å². The normalized spacial score (nSPS) is 36.4. The lowest BCUT2D eigenvalue weighted by Crippen LogP contribution is -2.19. The molecule has 4 bridgehead atoms. The van der Waals surface area contributed by atoms with Crippen LogP contribution < -0.4 is 0 Å². The van der Waals surface area contributed by atoms with Crippen molar-refractivity contribution in [1.29, 1.82) is 0 Å². The van der Waals surface area contributed by atoms with Crippen molar-refractivity contribution in [2.75, 3.05) is 13.2 Å². The van der Waals surface area contributed by atoms with Crippen molar-refractivity contribution in [3.63, 3.8) is 0 Å². The smallest absolute Gasteiger partial charge is 0.116 e. The number of aldehydes is 2. The summed E-state index contributed by atoms with van der Waals surface area (Å²) >= 11 is 0. The summed E-state index contributed by atoms with van der Waals surface area (Å²) in [6, 6.07) is 0. The average molecular weight is 509 g/mol. The highest BCUT2D eigenvalue weighted by molar-refractivity contribution is 5.44. The molecule has 36 heavy (non-hydrogen) atoms. The first-order chi connectivity index (χ1) is 17.6. The first-order valence-corrected chi connectivity index (χ1v) is 15.6. The minimum absolute atomic E-state index is 0.250. The van der Waals surface area contributed by atoms with Crippen LogP contribution in [-0.4, -0.2) is 36.0 Å². The SMILES string of the molecule is C1CC2CC(C1)C1CCCCC21.C1CC2CC(C1)C1CCCCC21.CC=O.CC=O.CCO.CCO. The molecule has 0 aromatic heterocycles. The highest BCUT2D eigenvalue weighted by Crippen LogP contribution is 2.56. The molecule has 6 fully saturated rings. The summed E-state index contributed by atoms with van der Waals surface area (Å²) in [7, 11) is 0. The fourth-order valence-corrected chi connectivity index (χ4v) is 8.81. The van der Waals surface area contributed by atoms with Gasteiger partial charge in [-0.05, 0) is 114 Å². The molecule has 212 valence electrons. The maximum Gasteiger partial charge on any atom is 0.116 e. The van der Waals surface area contributed by atoms with E-state index >= 15 is 0 Å². The van der Waals surface area contributed by atoms with Crippen LogP contribution in [0, 0.1) is 47.3 Å². The summed E-state index contributed by atoms with van der Waals surface area (Å²) in [4.78, 5) is 17.6. The number of hydrogen-bond acceptors (Lipinski definition) is 4. The maximum absolute atomic E-state index is 8.81. The van der Waals surface area contributed by atoms with Crippen molar-refractivity contribution in [2.24, 2.45) is 47.3 Å². The van der Waals surface area contributed by atoms with E-state index in [0.717, 1.165) is 12.6 Å². The lowest BCUT2D eigenvalue weighted by molar-refractivity contribution is -0.106. The van der Waals surface area contributed by atoms with Crippen molar-refractivity contribution in [2.45, 2.75) is 130 Å². The number of hydrogen-bond donors (Lipinski definition) is 2. The van der Waals surface area contributed by atoms with Crippen molar-refractivity contribution < 1.29 is 19.8 Å². The Morgan fingerprint density at radius 2 is 0.694 bits per heavy atom. The van der Waals surface area contributed by atoms with E-state index in [4.69, 9.17) is 19.8 Å². The van der Waals surface area contributed by atoms with Gasteiger partial charge in [0.2, 0.25) is 0 Å².